The van der Waals surface area contributed by atoms with Gasteiger partial charge in [0.25, 0.3) is 0 Å². The topological polar surface area (TPSA) is 15.3 Å². The van der Waals surface area contributed by atoms with Crippen LogP contribution in [0.5, 0.6) is 0 Å². The van der Waals surface area contributed by atoms with Crippen LogP contribution < -0.4 is 5.32 Å². The number of hydrogen-bond acceptors (Lipinski definition) is 2. The molecule has 1 aliphatic rings. The van der Waals surface area contributed by atoms with Crippen molar-refractivity contribution >= 4 is 0 Å². The van der Waals surface area contributed by atoms with Gasteiger partial charge in [0.05, 0.1) is 0 Å². The van der Waals surface area contributed by atoms with E-state index in [0.717, 1.165) is 0 Å². The molecule has 0 saturated carbocycles. The van der Waals surface area contributed by atoms with Crippen molar-refractivity contribution in [2.45, 2.75) is 51.6 Å². The van der Waals surface area contributed by atoms with Crippen molar-refractivity contribution in [3.63, 3.8) is 0 Å². The molecule has 1 saturated heterocycles. The summed E-state index contributed by atoms with van der Waals surface area (Å²) in [4.78, 5) is 2.42. The van der Waals surface area contributed by atoms with Gasteiger partial charge >= 0.3 is 0 Å². The van der Waals surface area contributed by atoms with Gasteiger partial charge in [0.2, 0.25) is 0 Å². The Morgan fingerprint density at radius 3 is 2.62 bits per heavy atom. The second-order valence-corrected chi connectivity index (χ2v) is 4.92. The standard InChI is InChI=1S/C11H24N2/c1-10(2)13(4)9-7-11(3)6-5-8-12-11/h10,12H,5-9H2,1-4H3. The minimum absolute atomic E-state index is 0.420. The van der Waals surface area contributed by atoms with E-state index in [1.165, 1.54) is 32.4 Å². The molecule has 2 heteroatoms. The SMILES string of the molecule is CC(C)N(C)CCC1(C)CCCN1. The molecular formula is C11H24N2. The molecule has 0 amide bonds. The third-order valence-corrected chi connectivity index (χ3v) is 3.35. The summed E-state index contributed by atoms with van der Waals surface area (Å²) < 4.78 is 0. The normalized spacial score (nSPS) is 29.1. The van der Waals surface area contributed by atoms with Crippen LogP contribution in [-0.4, -0.2) is 36.6 Å². The van der Waals surface area contributed by atoms with E-state index in [4.69, 9.17) is 0 Å². The van der Waals surface area contributed by atoms with Crippen molar-refractivity contribution in [3.8, 4) is 0 Å². The van der Waals surface area contributed by atoms with Crippen LogP contribution in [0.25, 0.3) is 0 Å². The number of hydrogen-bond donors (Lipinski definition) is 1. The van der Waals surface area contributed by atoms with Crippen LogP contribution in [0.4, 0.5) is 0 Å². The van der Waals surface area contributed by atoms with Crippen molar-refractivity contribution in [3.05, 3.63) is 0 Å². The van der Waals surface area contributed by atoms with Gasteiger partial charge in [-0.1, -0.05) is 0 Å². The molecule has 0 spiro atoms. The lowest BCUT2D eigenvalue weighted by Gasteiger charge is -2.29. The smallest absolute Gasteiger partial charge is 0.0166 e. The first-order valence-corrected chi connectivity index (χ1v) is 5.49. The first kappa shape index (κ1) is 11.0. The Labute approximate surface area is 82.7 Å². The Hall–Kier alpha value is -0.0800. The molecule has 1 aliphatic heterocycles. The Kier molecular flexibility index (Phi) is 3.74. The van der Waals surface area contributed by atoms with E-state index in [1.54, 1.807) is 0 Å². The molecule has 0 aromatic heterocycles. The minimum atomic E-state index is 0.420. The molecule has 0 aromatic rings. The predicted octanol–water partition coefficient (Wildman–Crippen LogP) is 1.86. The van der Waals surface area contributed by atoms with Gasteiger partial charge in [-0.2, -0.15) is 0 Å². The summed E-state index contributed by atoms with van der Waals surface area (Å²) in [5.74, 6) is 0. The highest BCUT2D eigenvalue weighted by atomic mass is 15.1. The van der Waals surface area contributed by atoms with E-state index in [1.807, 2.05) is 0 Å². The van der Waals surface area contributed by atoms with E-state index in [2.05, 4.69) is 38.0 Å². The third kappa shape index (κ3) is 3.28. The third-order valence-electron chi connectivity index (χ3n) is 3.35. The Morgan fingerprint density at radius 1 is 1.46 bits per heavy atom. The molecule has 1 heterocycles. The van der Waals surface area contributed by atoms with Crippen LogP contribution in [0, 0.1) is 0 Å². The molecule has 0 aromatic carbocycles. The van der Waals surface area contributed by atoms with Crippen LogP contribution in [0.2, 0.25) is 0 Å². The van der Waals surface area contributed by atoms with E-state index >= 15 is 0 Å². The second-order valence-electron chi connectivity index (χ2n) is 4.92. The summed E-state index contributed by atoms with van der Waals surface area (Å²) in [6.45, 7) is 9.28. The highest BCUT2D eigenvalue weighted by molar-refractivity contribution is 4.89. The van der Waals surface area contributed by atoms with Gasteiger partial charge in [-0.05, 0) is 60.2 Å². The summed E-state index contributed by atoms with van der Waals surface area (Å²) in [6, 6.07) is 0.671. The number of nitrogens with zero attached hydrogens (tertiary/aromatic N) is 1. The molecular weight excluding hydrogens is 160 g/mol. The summed E-state index contributed by atoms with van der Waals surface area (Å²) in [5.41, 5.74) is 0.420. The summed E-state index contributed by atoms with van der Waals surface area (Å²) >= 11 is 0. The first-order valence-electron chi connectivity index (χ1n) is 5.49. The van der Waals surface area contributed by atoms with Crippen molar-refractivity contribution < 1.29 is 0 Å². The van der Waals surface area contributed by atoms with E-state index in [-0.39, 0.29) is 0 Å². The molecule has 1 rings (SSSR count). The van der Waals surface area contributed by atoms with E-state index in [9.17, 15) is 0 Å². The van der Waals surface area contributed by atoms with Crippen molar-refractivity contribution in [2.24, 2.45) is 0 Å². The lowest BCUT2D eigenvalue weighted by Crippen LogP contribution is -2.40. The van der Waals surface area contributed by atoms with Gasteiger partial charge in [0.1, 0.15) is 0 Å². The predicted molar refractivity (Wildman–Crippen MR) is 58.0 cm³/mol. The molecule has 1 unspecified atom stereocenters. The molecule has 2 nitrogen and oxygen atoms in total. The van der Waals surface area contributed by atoms with Gasteiger partial charge in [-0.15, -0.1) is 0 Å². The highest BCUT2D eigenvalue weighted by Gasteiger charge is 2.27. The second kappa shape index (κ2) is 4.43. The fourth-order valence-corrected chi connectivity index (χ4v) is 1.85. The largest absolute Gasteiger partial charge is 0.311 e. The van der Waals surface area contributed by atoms with Crippen LogP contribution in [0.15, 0.2) is 0 Å². The molecule has 78 valence electrons. The highest BCUT2D eigenvalue weighted by Crippen LogP contribution is 2.22. The monoisotopic (exact) mass is 184 g/mol. The quantitative estimate of drug-likeness (QED) is 0.717. The van der Waals surface area contributed by atoms with Crippen molar-refractivity contribution in [2.75, 3.05) is 20.1 Å². The minimum Gasteiger partial charge on any atom is -0.311 e. The van der Waals surface area contributed by atoms with Crippen LogP contribution in [0.1, 0.15) is 40.0 Å². The Morgan fingerprint density at radius 2 is 2.15 bits per heavy atom. The molecule has 1 N–H and O–H groups in total. The maximum Gasteiger partial charge on any atom is 0.0166 e. The number of nitrogens with one attached hydrogen (secondary N) is 1. The van der Waals surface area contributed by atoms with E-state index < -0.39 is 0 Å². The zero-order chi connectivity index (χ0) is 9.90. The fraction of sp³-hybridized carbons (Fsp3) is 1.00. The lowest BCUT2D eigenvalue weighted by molar-refractivity contribution is 0.234. The lowest BCUT2D eigenvalue weighted by atomic mass is 9.96. The van der Waals surface area contributed by atoms with Gasteiger partial charge < -0.3 is 10.2 Å². The molecule has 13 heavy (non-hydrogen) atoms. The maximum absolute atomic E-state index is 3.60. The molecule has 0 radical (unpaired) electrons. The van der Waals surface area contributed by atoms with E-state index in [0.29, 0.717) is 11.6 Å². The zero-order valence-corrected chi connectivity index (χ0v) is 9.56. The number of rotatable bonds is 4. The van der Waals surface area contributed by atoms with Gasteiger partial charge in [0.15, 0.2) is 0 Å². The molecule has 1 atom stereocenters. The summed E-state index contributed by atoms with van der Waals surface area (Å²) in [5, 5.41) is 3.60. The molecule has 0 aliphatic carbocycles. The fourth-order valence-electron chi connectivity index (χ4n) is 1.85. The molecule has 1 fully saturated rings. The summed E-state index contributed by atoms with van der Waals surface area (Å²) in [7, 11) is 2.21. The first-order chi connectivity index (χ1) is 6.03. The average Bonchev–Trinajstić information content (AvgIpc) is 2.48. The summed E-state index contributed by atoms with van der Waals surface area (Å²) in [6.07, 6.45) is 3.97. The van der Waals surface area contributed by atoms with Gasteiger partial charge in [0, 0.05) is 11.6 Å². The van der Waals surface area contributed by atoms with Gasteiger partial charge in [-0.25, -0.2) is 0 Å². The van der Waals surface area contributed by atoms with Crippen LogP contribution in [0.3, 0.4) is 0 Å². The van der Waals surface area contributed by atoms with Crippen LogP contribution >= 0.6 is 0 Å². The zero-order valence-electron chi connectivity index (χ0n) is 9.56. The Bertz CT molecular complexity index is 148. The average molecular weight is 184 g/mol. The van der Waals surface area contributed by atoms with Crippen molar-refractivity contribution in [1.82, 2.24) is 10.2 Å². The van der Waals surface area contributed by atoms with Crippen LogP contribution in [-0.2, 0) is 0 Å². The molecule has 0 bridgehead atoms. The van der Waals surface area contributed by atoms with Crippen molar-refractivity contribution in [1.29, 1.82) is 0 Å². The maximum atomic E-state index is 3.60. The Balaban J connectivity index is 2.24. The van der Waals surface area contributed by atoms with Gasteiger partial charge in [-0.3, -0.25) is 0 Å².